The Morgan fingerprint density at radius 1 is 0.846 bits per heavy atom. The minimum atomic E-state index is -0.383. The molecule has 0 saturated heterocycles. The molecule has 0 aliphatic rings. The van der Waals surface area contributed by atoms with Crippen molar-refractivity contribution >= 4 is 21.8 Å². The predicted molar refractivity (Wildman–Crippen MR) is 150 cm³/mol. The van der Waals surface area contributed by atoms with Crippen LogP contribution in [0.5, 0.6) is 11.5 Å². The van der Waals surface area contributed by atoms with E-state index in [0.717, 1.165) is 56.6 Å². The van der Waals surface area contributed by atoms with Crippen LogP contribution in [0.3, 0.4) is 0 Å². The third-order valence-corrected chi connectivity index (χ3v) is 6.60. The molecule has 2 N–H and O–H groups in total. The molecule has 6 aromatic rings. The molecule has 2 aromatic carbocycles. The normalized spacial score (nSPS) is 11.5. The van der Waals surface area contributed by atoms with E-state index in [9.17, 15) is 4.39 Å². The van der Waals surface area contributed by atoms with Gasteiger partial charge in [0.05, 0.1) is 30.2 Å². The summed E-state index contributed by atoms with van der Waals surface area (Å²) in [5.74, 6) is 0.782. The number of aromatic nitrogens is 5. The van der Waals surface area contributed by atoms with E-state index in [1.807, 2.05) is 50.6 Å². The summed E-state index contributed by atoms with van der Waals surface area (Å²) < 4.78 is 25.4. The van der Waals surface area contributed by atoms with Gasteiger partial charge >= 0.3 is 0 Å². The van der Waals surface area contributed by atoms with Crippen LogP contribution in [0.4, 0.5) is 4.39 Å². The van der Waals surface area contributed by atoms with E-state index in [1.165, 1.54) is 19.2 Å². The van der Waals surface area contributed by atoms with Crippen LogP contribution in [-0.4, -0.2) is 64.4 Å². The lowest BCUT2D eigenvalue weighted by atomic mass is 10.0. The summed E-state index contributed by atoms with van der Waals surface area (Å²) in [6.07, 6.45) is 5.26. The molecule has 0 saturated carbocycles. The fourth-order valence-corrected chi connectivity index (χ4v) is 4.63. The largest absolute Gasteiger partial charge is 0.497 e. The molecule has 0 aliphatic heterocycles. The highest BCUT2D eigenvalue weighted by molar-refractivity contribution is 6.00. The van der Waals surface area contributed by atoms with Crippen molar-refractivity contribution in [1.29, 1.82) is 0 Å². The van der Waals surface area contributed by atoms with Crippen molar-refractivity contribution in [3.8, 4) is 45.3 Å². The number of halogens is 1. The second kappa shape index (κ2) is 10.2. The first-order chi connectivity index (χ1) is 19.0. The summed E-state index contributed by atoms with van der Waals surface area (Å²) in [5.41, 5.74) is 6.63. The monoisotopic (exact) mass is 522 g/mol. The fourth-order valence-electron chi connectivity index (χ4n) is 4.63. The van der Waals surface area contributed by atoms with Crippen molar-refractivity contribution in [2.24, 2.45) is 0 Å². The van der Waals surface area contributed by atoms with Gasteiger partial charge in [-0.25, -0.2) is 4.39 Å². The van der Waals surface area contributed by atoms with E-state index in [2.05, 4.69) is 36.1 Å². The molecule has 0 bridgehead atoms. The van der Waals surface area contributed by atoms with Crippen LogP contribution in [0.2, 0.25) is 0 Å². The van der Waals surface area contributed by atoms with E-state index in [0.29, 0.717) is 23.6 Å². The Morgan fingerprint density at radius 2 is 1.69 bits per heavy atom. The van der Waals surface area contributed by atoms with Crippen molar-refractivity contribution < 1.29 is 13.9 Å². The lowest BCUT2D eigenvalue weighted by molar-refractivity contribution is 0.261. The van der Waals surface area contributed by atoms with Gasteiger partial charge in [0.1, 0.15) is 29.6 Å². The number of benzene rings is 2. The van der Waals surface area contributed by atoms with Gasteiger partial charge in [0.15, 0.2) is 0 Å². The van der Waals surface area contributed by atoms with Crippen molar-refractivity contribution in [2.45, 2.75) is 0 Å². The van der Waals surface area contributed by atoms with Crippen molar-refractivity contribution in [3.63, 3.8) is 0 Å². The maximum atomic E-state index is 14.3. The molecule has 196 valence electrons. The quantitative estimate of drug-likeness (QED) is 0.258. The van der Waals surface area contributed by atoms with E-state index in [-0.39, 0.29) is 5.82 Å². The number of fused-ring (bicyclic) bond motifs is 2. The zero-order valence-corrected chi connectivity index (χ0v) is 21.8. The average Bonchev–Trinajstić information content (AvgIpc) is 3.56. The van der Waals surface area contributed by atoms with Gasteiger partial charge in [0.2, 0.25) is 0 Å². The topological polar surface area (TPSA) is 92.0 Å². The number of rotatable bonds is 8. The summed E-state index contributed by atoms with van der Waals surface area (Å²) in [4.78, 5) is 14.5. The molecule has 9 heteroatoms. The predicted octanol–water partition coefficient (Wildman–Crippen LogP) is 5.92. The number of pyridine rings is 2. The average molecular weight is 523 g/mol. The van der Waals surface area contributed by atoms with E-state index in [4.69, 9.17) is 9.47 Å². The van der Waals surface area contributed by atoms with Crippen molar-refractivity contribution in [1.82, 2.24) is 30.0 Å². The third kappa shape index (κ3) is 4.92. The van der Waals surface area contributed by atoms with E-state index < -0.39 is 0 Å². The standard InChI is InChI=1S/C30H27FN6O2/c1-37(2)8-9-39-23-12-20(16-32-17-23)18-4-5-27-24(13-18)30(36-35-27)28-15-25-26(34-28)6-7-33-29(25)19-10-21(31)14-22(11-19)38-3/h4-7,10-17,34H,8-9H2,1-3H3,(H,35,36). The number of nitrogens with one attached hydrogen (secondary N) is 2. The number of hydrogen-bond donors (Lipinski definition) is 2. The number of hydrogen-bond acceptors (Lipinski definition) is 6. The molecule has 6 rings (SSSR count). The van der Waals surface area contributed by atoms with Crippen molar-refractivity contribution in [3.05, 3.63) is 79.0 Å². The molecule has 0 atom stereocenters. The molecular formula is C30H27FN6O2. The SMILES string of the molecule is COc1cc(F)cc(-c2nccc3[nH]c(-c4n[nH]c5ccc(-c6cncc(OCCN(C)C)c6)cc45)cc23)c1. The second-order valence-corrected chi connectivity index (χ2v) is 9.58. The number of methoxy groups -OCH3 is 1. The molecule has 0 fully saturated rings. The zero-order valence-electron chi connectivity index (χ0n) is 21.8. The number of H-pyrrole nitrogens is 2. The third-order valence-electron chi connectivity index (χ3n) is 6.60. The van der Waals surface area contributed by atoms with E-state index >= 15 is 0 Å². The number of nitrogens with zero attached hydrogens (tertiary/aromatic N) is 4. The second-order valence-electron chi connectivity index (χ2n) is 9.58. The molecule has 0 unspecified atom stereocenters. The molecule has 0 spiro atoms. The van der Waals surface area contributed by atoms with Crippen LogP contribution in [-0.2, 0) is 0 Å². The zero-order chi connectivity index (χ0) is 26.9. The summed E-state index contributed by atoms with van der Waals surface area (Å²) in [6, 6.07) is 16.6. The Hall–Kier alpha value is -4.76. The maximum Gasteiger partial charge on any atom is 0.138 e. The lowest BCUT2D eigenvalue weighted by Gasteiger charge is -2.11. The molecule has 4 aromatic heterocycles. The minimum absolute atomic E-state index is 0.383. The Labute approximate surface area is 224 Å². The first-order valence-electron chi connectivity index (χ1n) is 12.5. The molecule has 39 heavy (non-hydrogen) atoms. The van der Waals surface area contributed by atoms with Crippen LogP contribution < -0.4 is 9.47 Å². The number of likely N-dealkylation sites (N-methyl/N-ethyl adjacent to an activating group) is 1. The van der Waals surface area contributed by atoms with Gasteiger partial charge in [-0.15, -0.1) is 0 Å². The first kappa shape index (κ1) is 24.6. The highest BCUT2D eigenvalue weighted by Crippen LogP contribution is 2.35. The summed E-state index contributed by atoms with van der Waals surface area (Å²) in [5, 5.41) is 9.56. The molecule has 0 radical (unpaired) electrons. The van der Waals surface area contributed by atoms with Gasteiger partial charge in [-0.05, 0) is 62.1 Å². The highest BCUT2D eigenvalue weighted by Gasteiger charge is 2.16. The summed E-state index contributed by atoms with van der Waals surface area (Å²) in [6.45, 7) is 1.41. The molecule has 0 amide bonds. The Morgan fingerprint density at radius 3 is 2.54 bits per heavy atom. The van der Waals surface area contributed by atoms with Gasteiger partial charge in [-0.1, -0.05) is 6.07 Å². The van der Waals surface area contributed by atoms with Gasteiger partial charge in [-0.2, -0.15) is 5.10 Å². The molecular weight excluding hydrogens is 495 g/mol. The van der Waals surface area contributed by atoms with Crippen LogP contribution >= 0.6 is 0 Å². The van der Waals surface area contributed by atoms with Crippen LogP contribution in [0.1, 0.15) is 0 Å². The van der Waals surface area contributed by atoms with Gasteiger partial charge < -0.3 is 19.4 Å². The number of ether oxygens (including phenoxy) is 2. The van der Waals surface area contributed by atoms with Crippen LogP contribution in [0.25, 0.3) is 55.6 Å². The van der Waals surface area contributed by atoms with Gasteiger partial charge in [0.25, 0.3) is 0 Å². The van der Waals surface area contributed by atoms with Crippen LogP contribution in [0, 0.1) is 5.82 Å². The Bertz CT molecular complexity index is 1790. The van der Waals surface area contributed by atoms with E-state index in [1.54, 1.807) is 18.5 Å². The van der Waals surface area contributed by atoms with Gasteiger partial charge in [-0.3, -0.25) is 15.1 Å². The number of aromatic amines is 2. The molecule has 4 heterocycles. The van der Waals surface area contributed by atoms with Crippen molar-refractivity contribution in [2.75, 3.05) is 34.4 Å². The Kier molecular flexibility index (Phi) is 6.42. The van der Waals surface area contributed by atoms with Gasteiger partial charge in [0, 0.05) is 52.4 Å². The molecule has 0 aliphatic carbocycles. The molecule has 8 nitrogen and oxygen atoms in total. The highest BCUT2D eigenvalue weighted by atomic mass is 19.1. The smallest absolute Gasteiger partial charge is 0.138 e. The summed E-state index contributed by atoms with van der Waals surface area (Å²) >= 11 is 0. The minimum Gasteiger partial charge on any atom is -0.497 e. The van der Waals surface area contributed by atoms with Crippen LogP contribution in [0.15, 0.2) is 73.2 Å². The summed E-state index contributed by atoms with van der Waals surface area (Å²) in [7, 11) is 5.54. The Balaban J connectivity index is 1.38. The fraction of sp³-hybridized carbons (Fsp3) is 0.167. The first-order valence-corrected chi connectivity index (χ1v) is 12.5. The lowest BCUT2D eigenvalue weighted by Crippen LogP contribution is -2.19. The maximum absolute atomic E-state index is 14.3.